The standard InChI is InChI=1S/C27H28ClF2N7O2/c1-18-23(14-38)26(35-11-9-34(10-12-35)22-6-3-20(28)4-7-22)33-37(18)19(2)27(39,15-36-17-31-16-32-36)24-8-5-21(29)13-25(24)30/h3-8,13-14,16-17,19,39H,9-12,15H2,1-2H3/t19-,27-/m1/s1. The van der Waals surface area contributed by atoms with Crippen molar-refractivity contribution >= 4 is 29.4 Å². The van der Waals surface area contributed by atoms with Crippen LogP contribution in [0.3, 0.4) is 0 Å². The van der Waals surface area contributed by atoms with E-state index in [-0.39, 0.29) is 12.1 Å². The minimum atomic E-state index is -1.91. The number of aromatic nitrogens is 5. The molecule has 5 rings (SSSR count). The van der Waals surface area contributed by atoms with Crippen molar-refractivity contribution in [3.05, 3.63) is 88.6 Å². The first-order valence-electron chi connectivity index (χ1n) is 12.5. The molecule has 3 heterocycles. The highest BCUT2D eigenvalue weighted by atomic mass is 35.5. The maximum atomic E-state index is 15.0. The first kappa shape index (κ1) is 26.8. The maximum Gasteiger partial charge on any atom is 0.161 e. The van der Waals surface area contributed by atoms with E-state index >= 15 is 4.39 Å². The van der Waals surface area contributed by atoms with Gasteiger partial charge in [0.15, 0.2) is 12.1 Å². The SMILES string of the molecule is Cc1c(C=O)c(N2CCN(c3ccc(Cl)cc3)CC2)nn1[C@H](C)[C@](O)(Cn1cncn1)c1ccc(F)cc1F. The van der Waals surface area contributed by atoms with Crippen LogP contribution in [0.15, 0.2) is 55.1 Å². The van der Waals surface area contributed by atoms with E-state index in [1.165, 1.54) is 28.1 Å². The molecule has 204 valence electrons. The fraction of sp³-hybridized carbons (Fsp3) is 0.333. The summed E-state index contributed by atoms with van der Waals surface area (Å²) in [5, 5.41) is 21.5. The number of nitrogens with zero attached hydrogens (tertiary/aromatic N) is 7. The first-order valence-corrected chi connectivity index (χ1v) is 12.9. The number of halogens is 3. The van der Waals surface area contributed by atoms with Crippen molar-refractivity contribution in [2.24, 2.45) is 0 Å². The van der Waals surface area contributed by atoms with Crippen molar-refractivity contribution in [2.75, 3.05) is 36.0 Å². The molecule has 2 aromatic carbocycles. The fourth-order valence-corrected chi connectivity index (χ4v) is 5.27. The van der Waals surface area contributed by atoms with Gasteiger partial charge < -0.3 is 14.9 Å². The topological polar surface area (TPSA) is 92.3 Å². The van der Waals surface area contributed by atoms with Crippen molar-refractivity contribution in [1.29, 1.82) is 0 Å². The Morgan fingerprint density at radius 3 is 2.41 bits per heavy atom. The smallest absolute Gasteiger partial charge is 0.161 e. The minimum absolute atomic E-state index is 0.118. The second-order valence-electron chi connectivity index (χ2n) is 9.65. The largest absolute Gasteiger partial charge is 0.381 e. The normalized spacial score (nSPS) is 16.3. The predicted octanol–water partition coefficient (Wildman–Crippen LogP) is 4.00. The Morgan fingerprint density at radius 1 is 1.10 bits per heavy atom. The van der Waals surface area contributed by atoms with Crippen LogP contribution in [0, 0.1) is 18.6 Å². The molecule has 4 aromatic rings. The summed E-state index contributed by atoms with van der Waals surface area (Å²) in [5.41, 5.74) is -0.0545. The lowest BCUT2D eigenvalue weighted by atomic mass is 9.86. The zero-order valence-electron chi connectivity index (χ0n) is 21.5. The molecule has 0 unspecified atom stereocenters. The molecule has 0 amide bonds. The lowest BCUT2D eigenvalue weighted by Gasteiger charge is -2.37. The van der Waals surface area contributed by atoms with E-state index in [0.29, 0.717) is 48.3 Å². The van der Waals surface area contributed by atoms with Gasteiger partial charge >= 0.3 is 0 Å². The molecule has 1 fully saturated rings. The minimum Gasteiger partial charge on any atom is -0.381 e. The van der Waals surface area contributed by atoms with Crippen LogP contribution in [0.4, 0.5) is 20.3 Å². The molecule has 0 bridgehead atoms. The van der Waals surface area contributed by atoms with Crippen LogP contribution in [-0.2, 0) is 12.1 Å². The Kier molecular flexibility index (Phi) is 7.37. The Bertz CT molecular complexity index is 1450. The molecule has 12 heteroatoms. The highest BCUT2D eigenvalue weighted by Gasteiger charge is 2.42. The van der Waals surface area contributed by atoms with Gasteiger partial charge in [0, 0.05) is 54.2 Å². The number of hydrogen-bond acceptors (Lipinski definition) is 7. The van der Waals surface area contributed by atoms with Crippen molar-refractivity contribution in [3.8, 4) is 0 Å². The van der Waals surface area contributed by atoms with Gasteiger partial charge in [0.1, 0.15) is 29.9 Å². The highest BCUT2D eigenvalue weighted by Crippen LogP contribution is 2.38. The summed E-state index contributed by atoms with van der Waals surface area (Å²) in [7, 11) is 0. The highest BCUT2D eigenvalue weighted by molar-refractivity contribution is 6.30. The molecule has 0 radical (unpaired) electrons. The summed E-state index contributed by atoms with van der Waals surface area (Å²) in [6.07, 6.45) is 3.45. The lowest BCUT2D eigenvalue weighted by Crippen LogP contribution is -2.47. The monoisotopic (exact) mass is 555 g/mol. The number of carbonyl (C=O) groups excluding carboxylic acids is 1. The van der Waals surface area contributed by atoms with Gasteiger partial charge in [-0.05, 0) is 44.2 Å². The third-order valence-corrected chi connectivity index (χ3v) is 7.64. The van der Waals surface area contributed by atoms with Crippen LogP contribution in [0.1, 0.15) is 34.6 Å². The molecular formula is C27H28ClF2N7O2. The van der Waals surface area contributed by atoms with Crippen molar-refractivity contribution in [1.82, 2.24) is 24.5 Å². The molecule has 2 atom stereocenters. The number of aliphatic hydroxyl groups is 1. The van der Waals surface area contributed by atoms with Gasteiger partial charge in [-0.2, -0.15) is 10.2 Å². The number of piperazine rings is 1. The average Bonchev–Trinajstić information content (AvgIpc) is 3.55. The van der Waals surface area contributed by atoms with Gasteiger partial charge in [0.05, 0.1) is 18.2 Å². The maximum absolute atomic E-state index is 15.0. The van der Waals surface area contributed by atoms with E-state index in [4.69, 9.17) is 16.7 Å². The summed E-state index contributed by atoms with van der Waals surface area (Å²) < 4.78 is 31.7. The van der Waals surface area contributed by atoms with Crippen LogP contribution >= 0.6 is 11.6 Å². The molecule has 1 saturated heterocycles. The second-order valence-corrected chi connectivity index (χ2v) is 10.1. The second kappa shape index (κ2) is 10.7. The van der Waals surface area contributed by atoms with Crippen LogP contribution in [0.25, 0.3) is 0 Å². The van der Waals surface area contributed by atoms with Gasteiger partial charge in [0.25, 0.3) is 0 Å². The van der Waals surface area contributed by atoms with Gasteiger partial charge in [-0.3, -0.25) is 9.48 Å². The number of aldehydes is 1. The van der Waals surface area contributed by atoms with E-state index in [2.05, 4.69) is 15.0 Å². The van der Waals surface area contributed by atoms with Gasteiger partial charge in [0.2, 0.25) is 0 Å². The fourth-order valence-electron chi connectivity index (χ4n) is 5.14. The van der Waals surface area contributed by atoms with Crippen LogP contribution < -0.4 is 9.80 Å². The van der Waals surface area contributed by atoms with E-state index in [1.807, 2.05) is 29.2 Å². The zero-order valence-corrected chi connectivity index (χ0v) is 22.3. The molecule has 1 aliphatic rings. The van der Waals surface area contributed by atoms with Crippen molar-refractivity contribution in [2.45, 2.75) is 32.0 Å². The summed E-state index contributed by atoms with van der Waals surface area (Å²) >= 11 is 6.02. The Balaban J connectivity index is 1.47. The van der Waals surface area contributed by atoms with Crippen molar-refractivity contribution in [3.63, 3.8) is 0 Å². The molecule has 9 nitrogen and oxygen atoms in total. The van der Waals surface area contributed by atoms with E-state index in [9.17, 15) is 14.3 Å². The van der Waals surface area contributed by atoms with E-state index in [0.717, 1.165) is 24.1 Å². The van der Waals surface area contributed by atoms with E-state index < -0.39 is 23.3 Å². The molecule has 2 aromatic heterocycles. The number of carbonyl (C=O) groups is 1. The molecule has 1 N–H and O–H groups in total. The lowest BCUT2D eigenvalue weighted by molar-refractivity contribution is -0.0374. The summed E-state index contributed by atoms with van der Waals surface area (Å²) in [6.45, 7) is 5.88. The molecule has 0 spiro atoms. The third-order valence-electron chi connectivity index (χ3n) is 7.39. The predicted molar refractivity (Wildman–Crippen MR) is 143 cm³/mol. The van der Waals surface area contributed by atoms with Crippen LogP contribution in [0.2, 0.25) is 5.02 Å². The summed E-state index contributed by atoms with van der Waals surface area (Å²) in [6, 6.07) is 9.82. The van der Waals surface area contributed by atoms with Gasteiger partial charge in [-0.1, -0.05) is 17.7 Å². The molecule has 1 aliphatic heterocycles. The number of hydrogen-bond donors (Lipinski definition) is 1. The van der Waals surface area contributed by atoms with Gasteiger partial charge in [-0.25, -0.2) is 18.4 Å². The first-order chi connectivity index (χ1) is 18.7. The van der Waals surface area contributed by atoms with Gasteiger partial charge in [-0.15, -0.1) is 0 Å². The molecule has 0 saturated carbocycles. The van der Waals surface area contributed by atoms with Crippen LogP contribution in [-0.4, -0.2) is 62.1 Å². The molecular weight excluding hydrogens is 528 g/mol. The van der Waals surface area contributed by atoms with Crippen molar-refractivity contribution < 1.29 is 18.7 Å². The number of rotatable bonds is 8. The summed E-state index contributed by atoms with van der Waals surface area (Å²) in [5.74, 6) is -1.17. The third kappa shape index (κ3) is 5.11. The Hall–Kier alpha value is -3.83. The zero-order chi connectivity index (χ0) is 27.7. The summed E-state index contributed by atoms with van der Waals surface area (Å²) in [4.78, 5) is 20.4. The van der Waals surface area contributed by atoms with E-state index in [1.54, 1.807) is 13.8 Å². The Labute approximate surface area is 229 Å². The number of benzene rings is 2. The Morgan fingerprint density at radius 2 is 1.79 bits per heavy atom. The number of anilines is 2. The average molecular weight is 556 g/mol. The molecule has 39 heavy (non-hydrogen) atoms. The quantitative estimate of drug-likeness (QED) is 0.329. The molecule has 0 aliphatic carbocycles. The van der Waals surface area contributed by atoms with Crippen LogP contribution in [0.5, 0.6) is 0 Å².